The van der Waals surface area contributed by atoms with Gasteiger partial charge in [-0.15, -0.1) is 5.10 Å². The van der Waals surface area contributed by atoms with Crippen LogP contribution in [-0.2, 0) is 5.75 Å². The van der Waals surface area contributed by atoms with Crippen LogP contribution in [0.15, 0.2) is 39.6 Å². The molecule has 2 rings (SSSR count). The van der Waals surface area contributed by atoms with Gasteiger partial charge in [-0.2, -0.15) is 5.10 Å². The Morgan fingerprint density at radius 2 is 2.08 bits per heavy atom. The van der Waals surface area contributed by atoms with E-state index in [4.69, 9.17) is 16.2 Å². The normalized spacial score (nSPS) is 11.1. The van der Waals surface area contributed by atoms with Crippen molar-refractivity contribution in [3.63, 3.8) is 0 Å². The van der Waals surface area contributed by atoms with Gasteiger partial charge in [0, 0.05) is 17.0 Å². The Labute approximate surface area is 153 Å². The lowest BCUT2D eigenvalue weighted by Gasteiger charge is -2.09. The minimum atomic E-state index is -2.64. The number of nitrogens with two attached hydrogens (primary N) is 2. The summed E-state index contributed by atoms with van der Waals surface area (Å²) in [4.78, 5) is 8.07. The standard InChI is InChI=1S/C16H18F2N6OS/c1-9-5-12(14(17)18)23-16(22-9)26-8-11-6-10(3-4-13(11)25-2)7-21-24-15(19)20/h3-7,14H,8H2,1-2H3,(H4,19,20,24). The summed E-state index contributed by atoms with van der Waals surface area (Å²) in [6.45, 7) is 1.65. The Bertz CT molecular complexity index is 824. The van der Waals surface area contributed by atoms with Gasteiger partial charge in [0.2, 0.25) is 5.96 Å². The highest BCUT2D eigenvalue weighted by Gasteiger charge is 2.13. The Morgan fingerprint density at radius 3 is 2.73 bits per heavy atom. The molecule has 0 aliphatic carbocycles. The van der Waals surface area contributed by atoms with Gasteiger partial charge in [-0.3, -0.25) is 0 Å². The summed E-state index contributed by atoms with van der Waals surface area (Å²) in [7, 11) is 1.55. The number of halogens is 2. The lowest BCUT2D eigenvalue weighted by molar-refractivity contribution is 0.145. The van der Waals surface area contributed by atoms with Crippen molar-refractivity contribution >= 4 is 23.9 Å². The Balaban J connectivity index is 2.20. The second-order valence-corrected chi connectivity index (χ2v) is 6.09. The molecule has 0 radical (unpaired) electrons. The number of nitrogens with zero attached hydrogens (tertiary/aromatic N) is 4. The van der Waals surface area contributed by atoms with Gasteiger partial charge in [0.25, 0.3) is 6.43 Å². The van der Waals surface area contributed by atoms with Crippen molar-refractivity contribution in [2.45, 2.75) is 24.3 Å². The fourth-order valence-electron chi connectivity index (χ4n) is 2.04. The van der Waals surface area contributed by atoms with Gasteiger partial charge >= 0.3 is 0 Å². The monoisotopic (exact) mass is 380 g/mol. The number of alkyl halides is 2. The quantitative estimate of drug-likeness (QED) is 0.251. The lowest BCUT2D eigenvalue weighted by Crippen LogP contribution is -2.21. The molecule has 0 spiro atoms. The minimum absolute atomic E-state index is 0.142. The molecule has 0 unspecified atom stereocenters. The van der Waals surface area contributed by atoms with Gasteiger partial charge in [0.05, 0.1) is 13.3 Å². The van der Waals surface area contributed by atoms with Gasteiger partial charge in [-0.05, 0) is 36.8 Å². The van der Waals surface area contributed by atoms with Gasteiger partial charge < -0.3 is 16.2 Å². The fraction of sp³-hybridized carbons (Fsp3) is 0.250. The second-order valence-electron chi connectivity index (χ2n) is 5.15. The van der Waals surface area contributed by atoms with Crippen LogP contribution in [0.1, 0.15) is 28.9 Å². The Kier molecular flexibility index (Phi) is 6.84. The lowest BCUT2D eigenvalue weighted by atomic mass is 10.1. The van der Waals surface area contributed by atoms with Crippen LogP contribution in [0.2, 0.25) is 0 Å². The van der Waals surface area contributed by atoms with E-state index in [1.165, 1.54) is 24.0 Å². The van der Waals surface area contributed by atoms with Crippen molar-refractivity contribution in [2.24, 2.45) is 21.7 Å². The van der Waals surface area contributed by atoms with E-state index in [9.17, 15) is 8.78 Å². The van der Waals surface area contributed by atoms with E-state index < -0.39 is 6.43 Å². The average Bonchev–Trinajstić information content (AvgIpc) is 2.59. The number of aryl methyl sites for hydroxylation is 1. The molecule has 0 amide bonds. The van der Waals surface area contributed by atoms with Crippen LogP contribution in [0, 0.1) is 6.92 Å². The highest BCUT2D eigenvalue weighted by atomic mass is 32.2. The number of ether oxygens (including phenoxy) is 1. The Morgan fingerprint density at radius 1 is 1.31 bits per heavy atom. The molecule has 0 atom stereocenters. The van der Waals surface area contributed by atoms with Gasteiger partial charge in [-0.25, -0.2) is 18.7 Å². The first kappa shape index (κ1) is 19.6. The second kappa shape index (κ2) is 9.09. The summed E-state index contributed by atoms with van der Waals surface area (Å²) in [5, 5.41) is 7.57. The molecule has 1 heterocycles. The van der Waals surface area contributed by atoms with Crippen molar-refractivity contribution in [1.82, 2.24) is 9.97 Å². The Hall–Kier alpha value is -2.75. The third kappa shape index (κ3) is 5.66. The van der Waals surface area contributed by atoms with E-state index in [0.29, 0.717) is 17.2 Å². The van der Waals surface area contributed by atoms with Crippen LogP contribution >= 0.6 is 11.8 Å². The largest absolute Gasteiger partial charge is 0.496 e. The molecule has 26 heavy (non-hydrogen) atoms. The zero-order valence-corrected chi connectivity index (χ0v) is 15.0. The number of hydrogen-bond acceptors (Lipinski definition) is 6. The predicted octanol–water partition coefficient (Wildman–Crippen LogP) is 2.63. The molecule has 1 aromatic carbocycles. The van der Waals surface area contributed by atoms with E-state index in [2.05, 4.69) is 20.2 Å². The highest BCUT2D eigenvalue weighted by Crippen LogP contribution is 2.28. The molecule has 0 bridgehead atoms. The van der Waals surface area contributed by atoms with E-state index in [1.807, 2.05) is 6.07 Å². The highest BCUT2D eigenvalue weighted by molar-refractivity contribution is 7.98. The van der Waals surface area contributed by atoms with Crippen LogP contribution in [0.4, 0.5) is 8.78 Å². The number of guanidine groups is 1. The third-order valence-electron chi connectivity index (χ3n) is 3.12. The predicted molar refractivity (Wildman–Crippen MR) is 97.7 cm³/mol. The van der Waals surface area contributed by atoms with Crippen LogP contribution < -0.4 is 16.2 Å². The van der Waals surface area contributed by atoms with Crippen molar-refractivity contribution in [3.8, 4) is 5.75 Å². The molecule has 0 saturated heterocycles. The first-order valence-electron chi connectivity index (χ1n) is 7.44. The molecule has 1 aromatic heterocycles. The topological polar surface area (TPSA) is 112 Å². The average molecular weight is 380 g/mol. The summed E-state index contributed by atoms with van der Waals surface area (Å²) >= 11 is 1.24. The zero-order chi connectivity index (χ0) is 19.1. The molecule has 4 N–H and O–H groups in total. The number of hydrogen-bond donors (Lipinski definition) is 2. The number of rotatable bonds is 7. The molecule has 0 aliphatic rings. The molecule has 0 fully saturated rings. The van der Waals surface area contributed by atoms with Crippen molar-refractivity contribution < 1.29 is 13.5 Å². The number of methoxy groups -OCH3 is 1. The molecular formula is C16H18F2N6OS. The maximum absolute atomic E-state index is 12.9. The van der Waals surface area contributed by atoms with E-state index >= 15 is 0 Å². The summed E-state index contributed by atoms with van der Waals surface area (Å²) < 4.78 is 31.1. The first-order valence-corrected chi connectivity index (χ1v) is 8.43. The molecule has 10 heteroatoms. The van der Waals surface area contributed by atoms with Crippen molar-refractivity contribution in [1.29, 1.82) is 0 Å². The van der Waals surface area contributed by atoms with E-state index in [-0.39, 0.29) is 16.8 Å². The van der Waals surface area contributed by atoms with Gasteiger partial charge in [0.1, 0.15) is 11.4 Å². The minimum Gasteiger partial charge on any atom is -0.496 e. The number of thioether (sulfide) groups is 1. The van der Waals surface area contributed by atoms with E-state index in [1.54, 1.807) is 26.2 Å². The van der Waals surface area contributed by atoms with E-state index in [0.717, 1.165) is 11.1 Å². The zero-order valence-electron chi connectivity index (χ0n) is 14.2. The molecule has 0 aliphatic heterocycles. The molecule has 0 saturated carbocycles. The number of benzene rings is 1. The van der Waals surface area contributed by atoms with Gasteiger partial charge in [0.15, 0.2) is 5.16 Å². The molecule has 138 valence electrons. The van der Waals surface area contributed by atoms with Crippen LogP contribution in [0.25, 0.3) is 0 Å². The summed E-state index contributed by atoms with van der Waals surface area (Å²) in [5.41, 5.74) is 12.2. The summed E-state index contributed by atoms with van der Waals surface area (Å²) in [6, 6.07) is 6.67. The molecular weight excluding hydrogens is 362 g/mol. The first-order chi connectivity index (χ1) is 12.4. The van der Waals surface area contributed by atoms with Gasteiger partial charge in [-0.1, -0.05) is 11.8 Å². The molecule has 2 aromatic rings. The summed E-state index contributed by atoms with van der Waals surface area (Å²) in [5.74, 6) is 0.939. The van der Waals surface area contributed by atoms with Crippen molar-refractivity contribution in [2.75, 3.05) is 7.11 Å². The molecule has 7 nitrogen and oxygen atoms in total. The SMILES string of the molecule is COc1ccc(C=NN=C(N)N)cc1CSc1nc(C)cc(C(F)F)n1. The van der Waals surface area contributed by atoms with Crippen molar-refractivity contribution in [3.05, 3.63) is 46.8 Å². The number of aromatic nitrogens is 2. The summed E-state index contributed by atoms with van der Waals surface area (Å²) in [6.07, 6.45) is -1.15. The third-order valence-corrected chi connectivity index (χ3v) is 4.01. The smallest absolute Gasteiger partial charge is 0.280 e. The van der Waals surface area contributed by atoms with Crippen LogP contribution in [0.3, 0.4) is 0 Å². The maximum atomic E-state index is 12.9. The van der Waals surface area contributed by atoms with Crippen LogP contribution in [-0.4, -0.2) is 29.3 Å². The maximum Gasteiger partial charge on any atom is 0.280 e. The fourth-order valence-corrected chi connectivity index (χ4v) is 2.93. The van der Waals surface area contributed by atoms with Crippen LogP contribution in [0.5, 0.6) is 5.75 Å².